The molecular formula is C16H24N2. The predicted octanol–water partition coefficient (Wildman–Crippen LogP) is 3.56. The Morgan fingerprint density at radius 1 is 1.22 bits per heavy atom. The molecule has 2 heteroatoms. The Morgan fingerprint density at radius 3 is 2.67 bits per heavy atom. The Bertz CT molecular complexity index is 538. The SMILES string of the molecule is CCCCn1cc(CCN)c2c(C)cc(C)cc21. The van der Waals surface area contributed by atoms with Crippen molar-refractivity contribution in [2.45, 2.75) is 46.6 Å². The summed E-state index contributed by atoms with van der Waals surface area (Å²) >= 11 is 0. The largest absolute Gasteiger partial charge is 0.347 e. The first-order chi connectivity index (χ1) is 8.67. The van der Waals surface area contributed by atoms with E-state index in [1.54, 1.807) is 0 Å². The van der Waals surface area contributed by atoms with Crippen LogP contribution in [0.15, 0.2) is 18.3 Å². The summed E-state index contributed by atoms with van der Waals surface area (Å²) in [6, 6.07) is 4.57. The van der Waals surface area contributed by atoms with Gasteiger partial charge in [0, 0.05) is 23.6 Å². The molecule has 0 aliphatic heterocycles. The number of nitrogens with zero attached hydrogens (tertiary/aromatic N) is 1. The number of nitrogens with two attached hydrogens (primary N) is 1. The fourth-order valence-corrected chi connectivity index (χ4v) is 2.77. The summed E-state index contributed by atoms with van der Waals surface area (Å²) in [5.74, 6) is 0. The van der Waals surface area contributed by atoms with Crippen molar-refractivity contribution in [3.8, 4) is 0 Å². The lowest BCUT2D eigenvalue weighted by Crippen LogP contribution is -2.02. The quantitative estimate of drug-likeness (QED) is 0.856. The Kier molecular flexibility index (Phi) is 4.07. The third-order valence-corrected chi connectivity index (χ3v) is 3.57. The van der Waals surface area contributed by atoms with Gasteiger partial charge in [-0.3, -0.25) is 0 Å². The van der Waals surface area contributed by atoms with Crippen molar-refractivity contribution in [1.82, 2.24) is 4.57 Å². The van der Waals surface area contributed by atoms with E-state index in [2.05, 4.69) is 43.7 Å². The monoisotopic (exact) mass is 244 g/mol. The first kappa shape index (κ1) is 13.2. The summed E-state index contributed by atoms with van der Waals surface area (Å²) in [7, 11) is 0. The van der Waals surface area contributed by atoms with Gasteiger partial charge < -0.3 is 10.3 Å². The normalized spacial score (nSPS) is 11.3. The van der Waals surface area contributed by atoms with Gasteiger partial charge in [0.25, 0.3) is 0 Å². The fraction of sp³-hybridized carbons (Fsp3) is 0.500. The molecule has 18 heavy (non-hydrogen) atoms. The van der Waals surface area contributed by atoms with Crippen LogP contribution in [-0.2, 0) is 13.0 Å². The second-order valence-electron chi connectivity index (χ2n) is 5.22. The molecule has 0 radical (unpaired) electrons. The van der Waals surface area contributed by atoms with E-state index in [1.807, 2.05) is 0 Å². The molecule has 0 bridgehead atoms. The molecule has 0 aliphatic carbocycles. The highest BCUT2D eigenvalue weighted by Crippen LogP contribution is 2.27. The topological polar surface area (TPSA) is 30.9 Å². The molecule has 0 saturated heterocycles. The van der Waals surface area contributed by atoms with E-state index >= 15 is 0 Å². The minimum atomic E-state index is 0.722. The lowest BCUT2D eigenvalue weighted by atomic mass is 10.0. The van der Waals surface area contributed by atoms with Gasteiger partial charge >= 0.3 is 0 Å². The maximum atomic E-state index is 5.73. The number of hydrogen-bond donors (Lipinski definition) is 1. The van der Waals surface area contributed by atoms with Gasteiger partial charge in [-0.15, -0.1) is 0 Å². The molecule has 0 amide bonds. The number of aryl methyl sites for hydroxylation is 3. The minimum absolute atomic E-state index is 0.722. The standard InChI is InChI=1S/C16H24N2/c1-4-5-8-18-11-14(6-7-17)16-13(3)9-12(2)10-15(16)18/h9-11H,4-8,17H2,1-3H3. The summed E-state index contributed by atoms with van der Waals surface area (Å²) in [5, 5.41) is 1.42. The van der Waals surface area contributed by atoms with Gasteiger partial charge in [0.2, 0.25) is 0 Å². The van der Waals surface area contributed by atoms with Crippen molar-refractivity contribution in [3.05, 3.63) is 35.0 Å². The smallest absolute Gasteiger partial charge is 0.0488 e. The van der Waals surface area contributed by atoms with Crippen LogP contribution in [0.1, 0.15) is 36.5 Å². The third kappa shape index (κ3) is 2.44. The molecule has 2 N–H and O–H groups in total. The highest BCUT2D eigenvalue weighted by molar-refractivity contribution is 5.88. The molecule has 98 valence electrons. The average molecular weight is 244 g/mol. The van der Waals surface area contributed by atoms with E-state index in [1.165, 1.54) is 40.4 Å². The Hall–Kier alpha value is -1.28. The van der Waals surface area contributed by atoms with Crippen molar-refractivity contribution in [2.24, 2.45) is 5.73 Å². The van der Waals surface area contributed by atoms with Gasteiger partial charge in [-0.2, -0.15) is 0 Å². The van der Waals surface area contributed by atoms with Crippen LogP contribution in [0.4, 0.5) is 0 Å². The molecule has 1 aromatic carbocycles. The highest BCUT2D eigenvalue weighted by Gasteiger charge is 2.10. The molecule has 2 nitrogen and oxygen atoms in total. The van der Waals surface area contributed by atoms with Gasteiger partial charge in [0.05, 0.1) is 0 Å². The highest BCUT2D eigenvalue weighted by atomic mass is 15.0. The Balaban J connectivity index is 2.56. The van der Waals surface area contributed by atoms with Crippen LogP contribution in [0.2, 0.25) is 0 Å². The van der Waals surface area contributed by atoms with Crippen LogP contribution in [0.5, 0.6) is 0 Å². The molecule has 0 spiro atoms. The molecule has 0 unspecified atom stereocenters. The van der Waals surface area contributed by atoms with E-state index in [4.69, 9.17) is 5.73 Å². The number of fused-ring (bicyclic) bond motifs is 1. The number of benzene rings is 1. The summed E-state index contributed by atoms with van der Waals surface area (Å²) in [4.78, 5) is 0. The first-order valence-electron chi connectivity index (χ1n) is 6.96. The summed E-state index contributed by atoms with van der Waals surface area (Å²) in [6.07, 6.45) is 5.74. The van der Waals surface area contributed by atoms with Crippen LogP contribution >= 0.6 is 0 Å². The molecule has 0 saturated carbocycles. The maximum Gasteiger partial charge on any atom is 0.0488 e. The number of rotatable bonds is 5. The fourth-order valence-electron chi connectivity index (χ4n) is 2.77. The molecule has 0 aliphatic rings. The number of unbranched alkanes of at least 4 members (excludes halogenated alkanes) is 1. The molecular weight excluding hydrogens is 220 g/mol. The van der Waals surface area contributed by atoms with Gasteiger partial charge in [-0.05, 0) is 56.0 Å². The Morgan fingerprint density at radius 2 is 2.00 bits per heavy atom. The third-order valence-electron chi connectivity index (χ3n) is 3.57. The van der Waals surface area contributed by atoms with Crippen LogP contribution < -0.4 is 5.73 Å². The lowest BCUT2D eigenvalue weighted by molar-refractivity contribution is 0.648. The van der Waals surface area contributed by atoms with Gasteiger partial charge in [-0.1, -0.05) is 19.4 Å². The first-order valence-corrected chi connectivity index (χ1v) is 6.96. The zero-order chi connectivity index (χ0) is 13.1. The van der Waals surface area contributed by atoms with Gasteiger partial charge in [-0.25, -0.2) is 0 Å². The number of aromatic nitrogens is 1. The molecule has 0 atom stereocenters. The van der Waals surface area contributed by atoms with E-state index in [-0.39, 0.29) is 0 Å². The lowest BCUT2D eigenvalue weighted by Gasteiger charge is -2.06. The van der Waals surface area contributed by atoms with E-state index in [0.717, 1.165) is 19.5 Å². The molecule has 0 fully saturated rings. The van der Waals surface area contributed by atoms with Crippen molar-refractivity contribution in [1.29, 1.82) is 0 Å². The van der Waals surface area contributed by atoms with E-state index in [0.29, 0.717) is 0 Å². The molecule has 1 heterocycles. The average Bonchev–Trinajstić information content (AvgIpc) is 2.65. The van der Waals surface area contributed by atoms with Gasteiger partial charge in [0.1, 0.15) is 0 Å². The van der Waals surface area contributed by atoms with Gasteiger partial charge in [0.15, 0.2) is 0 Å². The van der Waals surface area contributed by atoms with E-state index < -0.39 is 0 Å². The zero-order valence-corrected chi connectivity index (χ0v) is 11.8. The van der Waals surface area contributed by atoms with Crippen molar-refractivity contribution >= 4 is 10.9 Å². The van der Waals surface area contributed by atoms with Crippen LogP contribution in [-0.4, -0.2) is 11.1 Å². The van der Waals surface area contributed by atoms with Crippen molar-refractivity contribution in [3.63, 3.8) is 0 Å². The maximum absolute atomic E-state index is 5.73. The summed E-state index contributed by atoms with van der Waals surface area (Å²) in [6.45, 7) is 8.45. The van der Waals surface area contributed by atoms with E-state index in [9.17, 15) is 0 Å². The zero-order valence-electron chi connectivity index (χ0n) is 11.8. The predicted molar refractivity (Wildman–Crippen MR) is 79.1 cm³/mol. The number of hydrogen-bond acceptors (Lipinski definition) is 1. The van der Waals surface area contributed by atoms with Crippen LogP contribution in [0, 0.1) is 13.8 Å². The second kappa shape index (κ2) is 5.57. The van der Waals surface area contributed by atoms with Crippen molar-refractivity contribution < 1.29 is 0 Å². The Labute approximate surface area is 110 Å². The van der Waals surface area contributed by atoms with Crippen LogP contribution in [0.3, 0.4) is 0 Å². The second-order valence-corrected chi connectivity index (χ2v) is 5.22. The summed E-state index contributed by atoms with van der Waals surface area (Å²) < 4.78 is 2.41. The van der Waals surface area contributed by atoms with Crippen molar-refractivity contribution in [2.75, 3.05) is 6.54 Å². The van der Waals surface area contributed by atoms with Crippen LogP contribution in [0.25, 0.3) is 10.9 Å². The molecule has 2 aromatic rings. The summed E-state index contributed by atoms with van der Waals surface area (Å²) in [5.41, 5.74) is 11.2. The minimum Gasteiger partial charge on any atom is -0.347 e. The molecule has 1 aromatic heterocycles. The molecule has 2 rings (SSSR count).